The Morgan fingerprint density at radius 1 is 0.931 bits per heavy atom. The predicted octanol–water partition coefficient (Wildman–Crippen LogP) is 2.16. The van der Waals surface area contributed by atoms with E-state index in [4.69, 9.17) is 4.74 Å². The molecule has 29 heavy (non-hydrogen) atoms. The van der Waals surface area contributed by atoms with E-state index in [1.165, 1.54) is 26.2 Å². The molecule has 0 radical (unpaired) electrons. The lowest BCUT2D eigenvalue weighted by Crippen LogP contribution is -2.52. The van der Waals surface area contributed by atoms with Crippen molar-refractivity contribution in [2.24, 2.45) is 0 Å². The standard InChI is InChI=1S/C22H25FN2O4/c1-15(26)24-20(14-17-8-11-18(23)12-9-17)21(27)25-19(22(28)29-2)13-10-16-6-4-3-5-7-16/h3-9,11-12,19-20H,10,13-14H2,1-2H3,(H,24,26)(H,25,27)/t19-,20+/m1/s1. The Kier molecular flexibility index (Phi) is 8.33. The van der Waals surface area contributed by atoms with Gasteiger partial charge in [0.25, 0.3) is 0 Å². The zero-order valence-electron chi connectivity index (χ0n) is 16.5. The van der Waals surface area contributed by atoms with Crippen molar-refractivity contribution in [1.29, 1.82) is 0 Å². The minimum atomic E-state index is -0.901. The Morgan fingerprint density at radius 2 is 1.59 bits per heavy atom. The third-order valence-electron chi connectivity index (χ3n) is 4.41. The van der Waals surface area contributed by atoms with E-state index in [1.54, 1.807) is 12.1 Å². The van der Waals surface area contributed by atoms with Gasteiger partial charge in [-0.05, 0) is 36.1 Å². The fraction of sp³-hybridized carbons (Fsp3) is 0.318. The predicted molar refractivity (Wildman–Crippen MR) is 106 cm³/mol. The van der Waals surface area contributed by atoms with Gasteiger partial charge in [0.1, 0.15) is 17.9 Å². The molecule has 2 amide bonds. The van der Waals surface area contributed by atoms with Crippen LogP contribution in [0.25, 0.3) is 0 Å². The molecule has 2 rings (SSSR count). The van der Waals surface area contributed by atoms with E-state index in [1.807, 2.05) is 30.3 Å². The summed E-state index contributed by atoms with van der Waals surface area (Å²) >= 11 is 0. The number of rotatable bonds is 9. The highest BCUT2D eigenvalue weighted by Crippen LogP contribution is 2.09. The second-order valence-corrected chi connectivity index (χ2v) is 6.69. The summed E-state index contributed by atoms with van der Waals surface area (Å²) in [6, 6.07) is 13.5. The van der Waals surface area contributed by atoms with Gasteiger partial charge in [-0.15, -0.1) is 0 Å². The Labute approximate surface area is 169 Å². The van der Waals surface area contributed by atoms with Crippen molar-refractivity contribution in [3.63, 3.8) is 0 Å². The molecule has 2 aromatic rings. The van der Waals surface area contributed by atoms with Gasteiger partial charge < -0.3 is 15.4 Å². The maximum Gasteiger partial charge on any atom is 0.328 e. The Balaban J connectivity index is 2.08. The lowest BCUT2D eigenvalue weighted by molar-refractivity contribution is -0.145. The summed E-state index contributed by atoms with van der Waals surface area (Å²) < 4.78 is 17.9. The number of aryl methyl sites for hydroxylation is 1. The van der Waals surface area contributed by atoms with E-state index in [-0.39, 0.29) is 18.1 Å². The van der Waals surface area contributed by atoms with Gasteiger partial charge in [-0.3, -0.25) is 9.59 Å². The summed E-state index contributed by atoms with van der Waals surface area (Å²) in [5.74, 6) is -1.84. The second-order valence-electron chi connectivity index (χ2n) is 6.69. The molecule has 0 heterocycles. The number of amides is 2. The van der Waals surface area contributed by atoms with Crippen LogP contribution in [0.2, 0.25) is 0 Å². The van der Waals surface area contributed by atoms with Gasteiger partial charge in [0.15, 0.2) is 0 Å². The Morgan fingerprint density at radius 3 is 2.17 bits per heavy atom. The molecule has 0 aliphatic rings. The first-order valence-corrected chi connectivity index (χ1v) is 9.32. The maximum atomic E-state index is 13.1. The van der Waals surface area contributed by atoms with Crippen LogP contribution in [0.15, 0.2) is 54.6 Å². The van der Waals surface area contributed by atoms with Crippen molar-refractivity contribution in [1.82, 2.24) is 10.6 Å². The summed E-state index contributed by atoms with van der Waals surface area (Å²) in [6.07, 6.45) is 1.09. The number of hydrogen-bond donors (Lipinski definition) is 2. The van der Waals surface area contributed by atoms with Crippen LogP contribution in [0.5, 0.6) is 0 Å². The summed E-state index contributed by atoms with van der Waals surface area (Å²) in [6.45, 7) is 1.30. The molecule has 2 N–H and O–H groups in total. The molecule has 0 saturated heterocycles. The van der Waals surface area contributed by atoms with Crippen LogP contribution in [-0.4, -0.2) is 37.0 Å². The zero-order chi connectivity index (χ0) is 21.2. The highest BCUT2D eigenvalue weighted by Gasteiger charge is 2.27. The van der Waals surface area contributed by atoms with E-state index in [2.05, 4.69) is 10.6 Å². The minimum absolute atomic E-state index is 0.165. The molecule has 0 fully saturated rings. The van der Waals surface area contributed by atoms with Gasteiger partial charge in [0, 0.05) is 13.3 Å². The first-order chi connectivity index (χ1) is 13.9. The van der Waals surface area contributed by atoms with Gasteiger partial charge in [-0.1, -0.05) is 42.5 Å². The van der Waals surface area contributed by atoms with E-state index in [0.717, 1.165) is 5.56 Å². The largest absolute Gasteiger partial charge is 0.467 e. The van der Waals surface area contributed by atoms with Crippen molar-refractivity contribution in [2.45, 2.75) is 38.3 Å². The number of methoxy groups -OCH3 is 1. The number of ether oxygens (including phenoxy) is 1. The number of benzene rings is 2. The first kappa shape index (κ1) is 22.1. The number of carbonyl (C=O) groups is 3. The molecule has 2 atom stereocenters. The van der Waals surface area contributed by atoms with Crippen LogP contribution in [-0.2, 0) is 32.0 Å². The lowest BCUT2D eigenvalue weighted by atomic mass is 10.0. The molecule has 0 aromatic heterocycles. The lowest BCUT2D eigenvalue weighted by Gasteiger charge is -2.22. The Hall–Kier alpha value is -3.22. The number of nitrogens with one attached hydrogen (secondary N) is 2. The fourth-order valence-electron chi connectivity index (χ4n) is 2.93. The van der Waals surface area contributed by atoms with Crippen molar-refractivity contribution in [3.05, 3.63) is 71.5 Å². The van der Waals surface area contributed by atoms with Gasteiger partial charge in [0.05, 0.1) is 7.11 Å². The summed E-state index contributed by atoms with van der Waals surface area (Å²) in [5, 5.41) is 5.25. The molecule has 0 aliphatic heterocycles. The zero-order valence-corrected chi connectivity index (χ0v) is 16.5. The molecular weight excluding hydrogens is 375 g/mol. The monoisotopic (exact) mass is 400 g/mol. The molecule has 0 unspecified atom stereocenters. The molecule has 0 bridgehead atoms. The van der Waals surface area contributed by atoms with Crippen molar-refractivity contribution in [2.75, 3.05) is 7.11 Å². The third kappa shape index (κ3) is 7.37. The molecule has 154 valence electrons. The smallest absolute Gasteiger partial charge is 0.328 e. The molecule has 6 nitrogen and oxygen atoms in total. The van der Waals surface area contributed by atoms with Crippen LogP contribution < -0.4 is 10.6 Å². The van der Waals surface area contributed by atoms with Crippen molar-refractivity contribution >= 4 is 17.8 Å². The Bertz CT molecular complexity index is 824. The third-order valence-corrected chi connectivity index (χ3v) is 4.41. The van der Waals surface area contributed by atoms with E-state index >= 15 is 0 Å². The van der Waals surface area contributed by atoms with Gasteiger partial charge in [-0.25, -0.2) is 9.18 Å². The first-order valence-electron chi connectivity index (χ1n) is 9.32. The number of hydrogen-bond acceptors (Lipinski definition) is 4. The SMILES string of the molecule is COC(=O)[C@@H](CCc1ccccc1)NC(=O)[C@H](Cc1ccc(F)cc1)NC(C)=O. The maximum absolute atomic E-state index is 13.1. The molecule has 7 heteroatoms. The molecule has 0 spiro atoms. The summed E-state index contributed by atoms with van der Waals surface area (Å²) in [7, 11) is 1.26. The molecular formula is C22H25FN2O4. The van der Waals surface area contributed by atoms with Crippen LogP contribution in [0.4, 0.5) is 4.39 Å². The second kappa shape index (κ2) is 10.9. The topological polar surface area (TPSA) is 84.5 Å². The number of esters is 1. The van der Waals surface area contributed by atoms with Crippen LogP contribution >= 0.6 is 0 Å². The summed E-state index contributed by atoms with van der Waals surface area (Å²) in [4.78, 5) is 36.5. The van der Waals surface area contributed by atoms with Gasteiger partial charge in [-0.2, -0.15) is 0 Å². The van der Waals surface area contributed by atoms with E-state index < -0.39 is 24.0 Å². The average Bonchev–Trinajstić information content (AvgIpc) is 2.71. The fourth-order valence-corrected chi connectivity index (χ4v) is 2.93. The van der Waals surface area contributed by atoms with E-state index in [0.29, 0.717) is 18.4 Å². The summed E-state index contributed by atoms with van der Waals surface area (Å²) in [5.41, 5.74) is 1.71. The molecule has 0 aliphatic carbocycles. The van der Waals surface area contributed by atoms with Crippen LogP contribution in [0, 0.1) is 5.82 Å². The number of halogens is 1. The van der Waals surface area contributed by atoms with Crippen molar-refractivity contribution < 1.29 is 23.5 Å². The molecule has 0 saturated carbocycles. The normalized spacial score (nSPS) is 12.5. The van der Waals surface area contributed by atoms with Crippen molar-refractivity contribution in [3.8, 4) is 0 Å². The highest BCUT2D eigenvalue weighted by molar-refractivity contribution is 5.90. The van der Waals surface area contributed by atoms with Gasteiger partial charge in [0.2, 0.25) is 11.8 Å². The van der Waals surface area contributed by atoms with Gasteiger partial charge >= 0.3 is 5.97 Å². The van der Waals surface area contributed by atoms with E-state index in [9.17, 15) is 18.8 Å². The quantitative estimate of drug-likeness (QED) is 0.632. The molecule has 2 aromatic carbocycles. The number of carbonyl (C=O) groups excluding carboxylic acids is 3. The average molecular weight is 400 g/mol. The van der Waals surface area contributed by atoms with Crippen LogP contribution in [0.1, 0.15) is 24.5 Å². The van der Waals surface area contributed by atoms with Crippen LogP contribution in [0.3, 0.4) is 0 Å². The highest BCUT2D eigenvalue weighted by atomic mass is 19.1. The minimum Gasteiger partial charge on any atom is -0.467 e.